The van der Waals surface area contributed by atoms with E-state index in [2.05, 4.69) is 53.4 Å². The lowest BCUT2D eigenvalue weighted by Gasteiger charge is -2.27. The molecule has 0 N–H and O–H groups in total. The van der Waals surface area contributed by atoms with Crippen molar-refractivity contribution in [3.05, 3.63) is 84.7 Å². The van der Waals surface area contributed by atoms with Gasteiger partial charge in [0.15, 0.2) is 5.65 Å². The second-order valence-corrected chi connectivity index (χ2v) is 8.84. The average Bonchev–Trinajstić information content (AvgIpc) is 3.28. The summed E-state index contributed by atoms with van der Waals surface area (Å²) in [6.45, 7) is 5.22. The van der Waals surface area contributed by atoms with Crippen molar-refractivity contribution in [2.75, 3.05) is 38.3 Å². The number of aryl methyl sites for hydroxylation is 1. The van der Waals surface area contributed by atoms with Crippen molar-refractivity contribution in [1.82, 2.24) is 19.6 Å². The Morgan fingerprint density at radius 3 is 2.11 bits per heavy atom. The lowest BCUT2D eigenvalue weighted by molar-refractivity contribution is 0.122. The second kappa shape index (κ2) is 9.43. The van der Waals surface area contributed by atoms with Crippen molar-refractivity contribution in [2.45, 2.75) is 6.92 Å². The Kier molecular flexibility index (Phi) is 5.83. The van der Waals surface area contributed by atoms with Crippen LogP contribution < -0.4 is 9.64 Å². The number of ether oxygens (including phenoxy) is 2. The SMILES string of the molecule is COc1ccc(-c2ccc(-c3ccc4nc(C)c(-c5ccc(N6CCOCC6)nc5)n4n3)cc2)cc1. The number of pyridine rings is 1. The summed E-state index contributed by atoms with van der Waals surface area (Å²) in [6.07, 6.45) is 1.92. The van der Waals surface area contributed by atoms with Crippen molar-refractivity contribution in [1.29, 1.82) is 0 Å². The molecule has 0 unspecified atom stereocenters. The maximum Gasteiger partial charge on any atom is 0.154 e. The molecule has 0 bridgehead atoms. The number of anilines is 1. The lowest BCUT2D eigenvalue weighted by Crippen LogP contribution is -2.36. The fourth-order valence-electron chi connectivity index (χ4n) is 4.65. The number of hydrogen-bond acceptors (Lipinski definition) is 6. The Balaban J connectivity index is 1.31. The van der Waals surface area contributed by atoms with E-state index < -0.39 is 0 Å². The van der Waals surface area contributed by atoms with Crippen LogP contribution in [-0.2, 0) is 4.74 Å². The van der Waals surface area contributed by atoms with Crippen LogP contribution in [0, 0.1) is 6.92 Å². The van der Waals surface area contributed by atoms with Crippen LogP contribution in [0.1, 0.15) is 5.69 Å². The first-order chi connectivity index (χ1) is 17.7. The molecule has 36 heavy (non-hydrogen) atoms. The van der Waals surface area contributed by atoms with E-state index >= 15 is 0 Å². The van der Waals surface area contributed by atoms with Gasteiger partial charge < -0.3 is 14.4 Å². The van der Waals surface area contributed by atoms with Gasteiger partial charge in [-0.3, -0.25) is 0 Å². The Hall–Kier alpha value is -4.23. The average molecular weight is 478 g/mol. The van der Waals surface area contributed by atoms with Gasteiger partial charge in [0.1, 0.15) is 11.6 Å². The van der Waals surface area contributed by atoms with Crippen LogP contribution in [0.4, 0.5) is 5.82 Å². The molecule has 0 aliphatic carbocycles. The van der Waals surface area contributed by atoms with Crippen LogP contribution in [0.3, 0.4) is 0 Å². The van der Waals surface area contributed by atoms with E-state index in [-0.39, 0.29) is 0 Å². The van der Waals surface area contributed by atoms with Gasteiger partial charge in [0.2, 0.25) is 0 Å². The second-order valence-electron chi connectivity index (χ2n) is 8.84. The summed E-state index contributed by atoms with van der Waals surface area (Å²) in [6, 6.07) is 24.8. The molecule has 4 heterocycles. The Morgan fingerprint density at radius 2 is 1.44 bits per heavy atom. The quantitative estimate of drug-likeness (QED) is 0.343. The summed E-state index contributed by atoms with van der Waals surface area (Å²) < 4.78 is 12.7. The fourth-order valence-corrected chi connectivity index (χ4v) is 4.65. The zero-order valence-corrected chi connectivity index (χ0v) is 20.4. The highest BCUT2D eigenvalue weighted by Crippen LogP contribution is 2.29. The number of imidazole rings is 1. The van der Waals surface area contributed by atoms with Gasteiger partial charge in [-0.25, -0.2) is 14.5 Å². The first-order valence-electron chi connectivity index (χ1n) is 12.1. The summed E-state index contributed by atoms with van der Waals surface area (Å²) in [5.74, 6) is 1.82. The zero-order valence-electron chi connectivity index (χ0n) is 20.4. The van der Waals surface area contributed by atoms with E-state index in [1.807, 2.05) is 41.9 Å². The van der Waals surface area contributed by atoms with Crippen LogP contribution >= 0.6 is 0 Å². The molecule has 7 heteroatoms. The van der Waals surface area contributed by atoms with Crippen LogP contribution in [0.5, 0.6) is 5.75 Å². The van der Waals surface area contributed by atoms with Crippen LogP contribution in [0.25, 0.3) is 39.3 Å². The van der Waals surface area contributed by atoms with Gasteiger partial charge in [0, 0.05) is 30.4 Å². The molecule has 0 amide bonds. The highest BCUT2D eigenvalue weighted by Gasteiger charge is 2.16. The summed E-state index contributed by atoms with van der Waals surface area (Å²) in [7, 11) is 1.68. The molecule has 1 saturated heterocycles. The molecule has 3 aromatic heterocycles. The lowest BCUT2D eigenvalue weighted by atomic mass is 10.0. The third-order valence-corrected chi connectivity index (χ3v) is 6.61. The molecule has 2 aromatic carbocycles. The van der Waals surface area contributed by atoms with E-state index in [9.17, 15) is 0 Å². The fraction of sp³-hybridized carbons (Fsp3) is 0.207. The summed E-state index contributed by atoms with van der Waals surface area (Å²) in [5.41, 5.74) is 7.93. The predicted octanol–water partition coefficient (Wildman–Crippen LogP) is 5.28. The molecule has 0 saturated carbocycles. The molecule has 1 aliphatic heterocycles. The number of nitrogens with zero attached hydrogens (tertiary/aromatic N) is 5. The highest BCUT2D eigenvalue weighted by atomic mass is 16.5. The number of fused-ring (bicyclic) bond motifs is 1. The molecule has 0 spiro atoms. The largest absolute Gasteiger partial charge is 0.497 e. The molecule has 0 radical (unpaired) electrons. The van der Waals surface area contributed by atoms with Crippen LogP contribution in [0.2, 0.25) is 0 Å². The topological polar surface area (TPSA) is 64.8 Å². The van der Waals surface area contributed by atoms with Crippen molar-refractivity contribution < 1.29 is 9.47 Å². The molecule has 180 valence electrons. The van der Waals surface area contributed by atoms with E-state index in [0.717, 1.165) is 82.9 Å². The van der Waals surface area contributed by atoms with Gasteiger partial charge in [-0.15, -0.1) is 0 Å². The first kappa shape index (κ1) is 22.2. The number of morpholine rings is 1. The van der Waals surface area contributed by atoms with Crippen molar-refractivity contribution in [3.8, 4) is 39.4 Å². The number of aromatic nitrogens is 4. The van der Waals surface area contributed by atoms with Gasteiger partial charge in [-0.2, -0.15) is 5.10 Å². The molecule has 6 rings (SSSR count). The molecular formula is C29H27N5O2. The van der Waals surface area contributed by atoms with Crippen LogP contribution in [0.15, 0.2) is 79.0 Å². The van der Waals surface area contributed by atoms with Gasteiger partial charge >= 0.3 is 0 Å². The van der Waals surface area contributed by atoms with Crippen molar-refractivity contribution >= 4 is 11.5 Å². The van der Waals surface area contributed by atoms with Gasteiger partial charge in [0.05, 0.1) is 37.4 Å². The first-order valence-corrected chi connectivity index (χ1v) is 12.1. The molecular weight excluding hydrogens is 450 g/mol. The normalized spacial score (nSPS) is 13.8. The standard InChI is InChI=1S/C29H27N5O2/c1-20-29(24-9-13-27(30-19-24)33-15-17-36-18-16-33)34-28(31-20)14-12-26(32-34)23-5-3-21(4-6-23)22-7-10-25(35-2)11-8-22/h3-14,19H,15-18H2,1-2H3. The minimum absolute atomic E-state index is 0.740. The monoisotopic (exact) mass is 477 g/mol. The minimum atomic E-state index is 0.740. The molecule has 1 aliphatic rings. The smallest absolute Gasteiger partial charge is 0.154 e. The maximum atomic E-state index is 5.46. The number of hydrogen-bond donors (Lipinski definition) is 0. The third kappa shape index (κ3) is 4.18. The number of methoxy groups -OCH3 is 1. The van der Waals surface area contributed by atoms with Crippen molar-refractivity contribution in [2.24, 2.45) is 0 Å². The van der Waals surface area contributed by atoms with E-state index in [0.29, 0.717) is 0 Å². The van der Waals surface area contributed by atoms with E-state index in [1.165, 1.54) is 0 Å². The predicted molar refractivity (Wildman–Crippen MR) is 141 cm³/mol. The molecule has 1 fully saturated rings. The summed E-state index contributed by atoms with van der Waals surface area (Å²) in [5, 5.41) is 4.96. The highest BCUT2D eigenvalue weighted by molar-refractivity contribution is 5.71. The van der Waals surface area contributed by atoms with Gasteiger partial charge in [0.25, 0.3) is 0 Å². The van der Waals surface area contributed by atoms with E-state index in [1.54, 1.807) is 7.11 Å². The summed E-state index contributed by atoms with van der Waals surface area (Å²) in [4.78, 5) is 11.7. The zero-order chi connectivity index (χ0) is 24.5. The Bertz CT molecular complexity index is 1490. The molecule has 7 nitrogen and oxygen atoms in total. The number of benzene rings is 2. The van der Waals surface area contributed by atoms with E-state index in [4.69, 9.17) is 24.5 Å². The number of rotatable bonds is 5. The molecule has 5 aromatic rings. The minimum Gasteiger partial charge on any atom is -0.497 e. The Morgan fingerprint density at radius 1 is 0.778 bits per heavy atom. The van der Waals surface area contributed by atoms with Crippen molar-refractivity contribution in [3.63, 3.8) is 0 Å². The maximum absolute atomic E-state index is 5.46. The summed E-state index contributed by atoms with van der Waals surface area (Å²) >= 11 is 0. The van der Waals surface area contributed by atoms with Crippen LogP contribution in [-0.4, -0.2) is 53.0 Å². The van der Waals surface area contributed by atoms with Gasteiger partial charge in [-0.05, 0) is 54.4 Å². The third-order valence-electron chi connectivity index (χ3n) is 6.61. The molecule has 0 atom stereocenters. The Labute approximate surface area is 210 Å². The van der Waals surface area contributed by atoms with Gasteiger partial charge in [-0.1, -0.05) is 36.4 Å².